The van der Waals surface area contributed by atoms with Crippen LogP contribution in [0.3, 0.4) is 0 Å². The summed E-state index contributed by atoms with van der Waals surface area (Å²) >= 11 is 18.6. The van der Waals surface area contributed by atoms with Gasteiger partial charge in [-0.05, 0) is 36.4 Å². The molecule has 9 heteroatoms. The molecule has 0 spiro atoms. The van der Waals surface area contributed by atoms with Gasteiger partial charge < -0.3 is 9.47 Å². The number of halogens is 3. The summed E-state index contributed by atoms with van der Waals surface area (Å²) < 4.78 is 10.1. The highest BCUT2D eigenvalue weighted by molar-refractivity contribution is 6.37. The van der Waals surface area contributed by atoms with Crippen LogP contribution in [0.5, 0.6) is 5.75 Å². The van der Waals surface area contributed by atoms with Crippen molar-refractivity contribution in [3.05, 3.63) is 75.4 Å². The van der Waals surface area contributed by atoms with Gasteiger partial charge in [-0.25, -0.2) is 0 Å². The molecule has 0 aliphatic rings. The third-order valence-electron chi connectivity index (χ3n) is 4.41. The molecule has 3 rings (SSSR count). The molecule has 1 amide bonds. The fraction of sp³-hybridized carbons (Fsp3) is 0.136. The molecule has 160 valence electrons. The first-order valence-electron chi connectivity index (χ1n) is 8.98. The van der Waals surface area contributed by atoms with Crippen LogP contribution in [-0.4, -0.2) is 37.6 Å². The monoisotopic (exact) mass is 478 g/mol. The van der Waals surface area contributed by atoms with Crippen molar-refractivity contribution in [3.63, 3.8) is 0 Å². The van der Waals surface area contributed by atoms with Gasteiger partial charge in [0.15, 0.2) is 0 Å². The molecule has 0 bridgehead atoms. The lowest BCUT2D eigenvalue weighted by Gasteiger charge is -2.24. The Kier molecular flexibility index (Phi) is 7.38. The van der Waals surface area contributed by atoms with E-state index in [2.05, 4.69) is 4.98 Å². The number of hydrogen-bond donors (Lipinski definition) is 0. The Morgan fingerprint density at radius 3 is 2.42 bits per heavy atom. The summed E-state index contributed by atoms with van der Waals surface area (Å²) in [5.74, 6) is -0.620. The summed E-state index contributed by atoms with van der Waals surface area (Å²) in [6, 6.07) is 13.1. The van der Waals surface area contributed by atoms with E-state index in [9.17, 15) is 9.59 Å². The van der Waals surface area contributed by atoms with Crippen molar-refractivity contribution in [2.24, 2.45) is 0 Å². The lowest BCUT2D eigenvalue weighted by atomic mass is 10.1. The number of aromatic nitrogens is 1. The maximum atomic E-state index is 13.4. The van der Waals surface area contributed by atoms with E-state index in [1.165, 1.54) is 31.4 Å². The Bertz CT molecular complexity index is 1140. The molecule has 1 heterocycles. The van der Waals surface area contributed by atoms with Crippen LogP contribution in [0.1, 0.15) is 10.4 Å². The number of rotatable bonds is 6. The van der Waals surface area contributed by atoms with Crippen molar-refractivity contribution in [2.45, 2.75) is 0 Å². The highest BCUT2D eigenvalue weighted by Crippen LogP contribution is 2.35. The Morgan fingerprint density at radius 2 is 1.74 bits per heavy atom. The molecule has 2 aromatic carbocycles. The molecular formula is C22H17Cl3N2O4. The molecule has 0 radical (unpaired) electrons. The summed E-state index contributed by atoms with van der Waals surface area (Å²) in [6.45, 7) is -0.312. The second-order valence-corrected chi connectivity index (χ2v) is 7.57. The van der Waals surface area contributed by atoms with Gasteiger partial charge in [-0.3, -0.25) is 19.5 Å². The van der Waals surface area contributed by atoms with E-state index in [0.717, 1.165) is 0 Å². The van der Waals surface area contributed by atoms with Gasteiger partial charge in [0, 0.05) is 17.3 Å². The van der Waals surface area contributed by atoms with Crippen molar-refractivity contribution in [1.29, 1.82) is 0 Å². The van der Waals surface area contributed by atoms with Crippen LogP contribution >= 0.6 is 34.8 Å². The van der Waals surface area contributed by atoms with E-state index < -0.39 is 11.9 Å². The number of anilines is 1. The molecule has 0 saturated heterocycles. The van der Waals surface area contributed by atoms with E-state index in [4.69, 9.17) is 44.3 Å². The quantitative estimate of drug-likeness (QED) is 0.434. The van der Waals surface area contributed by atoms with Crippen LogP contribution in [0.4, 0.5) is 5.69 Å². The van der Waals surface area contributed by atoms with Crippen molar-refractivity contribution >= 4 is 52.4 Å². The number of amides is 1. The van der Waals surface area contributed by atoms with Gasteiger partial charge in [-0.1, -0.05) is 46.9 Å². The lowest BCUT2D eigenvalue weighted by Crippen LogP contribution is -2.36. The minimum atomic E-state index is -0.587. The summed E-state index contributed by atoms with van der Waals surface area (Å²) in [5.41, 5.74) is 1.51. The number of methoxy groups -OCH3 is 2. The fourth-order valence-corrected chi connectivity index (χ4v) is 3.61. The van der Waals surface area contributed by atoms with Gasteiger partial charge in [0.2, 0.25) is 0 Å². The Hall–Kier alpha value is -2.80. The molecule has 0 aliphatic heterocycles. The number of carbonyl (C=O) groups excluding carboxylic acids is 2. The van der Waals surface area contributed by atoms with Crippen LogP contribution < -0.4 is 9.64 Å². The van der Waals surface area contributed by atoms with E-state index in [1.807, 2.05) is 0 Å². The summed E-state index contributed by atoms with van der Waals surface area (Å²) in [7, 11) is 2.73. The standard InChI is InChI=1S/C22H17Cl3N2O4/c1-30-19-6-4-3-5-18(19)27(12-20(28)31-2)22(29)13-7-8-16(24)15(9-13)21-17(25)10-14(23)11-26-21/h3-11H,12H2,1-2H3. The molecule has 0 saturated carbocycles. The largest absolute Gasteiger partial charge is 0.495 e. The van der Waals surface area contributed by atoms with Crippen molar-refractivity contribution in [3.8, 4) is 17.0 Å². The predicted octanol–water partition coefficient (Wildman–Crippen LogP) is 5.54. The van der Waals surface area contributed by atoms with Crippen LogP contribution in [0.2, 0.25) is 15.1 Å². The number of benzene rings is 2. The normalized spacial score (nSPS) is 10.5. The van der Waals surface area contributed by atoms with Gasteiger partial charge in [0.25, 0.3) is 5.91 Å². The van der Waals surface area contributed by atoms with E-state index in [0.29, 0.717) is 32.7 Å². The number of nitrogens with zero attached hydrogens (tertiary/aromatic N) is 2. The molecule has 0 N–H and O–H groups in total. The summed E-state index contributed by atoms with van der Waals surface area (Å²) in [5, 5.41) is 1.01. The van der Waals surface area contributed by atoms with Gasteiger partial charge in [0.05, 0.1) is 40.7 Å². The molecule has 0 fully saturated rings. The van der Waals surface area contributed by atoms with Crippen LogP contribution in [0, 0.1) is 0 Å². The molecule has 0 aliphatic carbocycles. The number of hydrogen-bond acceptors (Lipinski definition) is 5. The SMILES string of the molecule is COC(=O)CN(C(=O)c1ccc(Cl)c(-c2ncc(Cl)cc2Cl)c1)c1ccccc1OC. The first-order valence-corrected chi connectivity index (χ1v) is 10.1. The van der Waals surface area contributed by atoms with Gasteiger partial charge in [-0.15, -0.1) is 0 Å². The highest BCUT2D eigenvalue weighted by Gasteiger charge is 2.25. The van der Waals surface area contributed by atoms with Gasteiger partial charge in [0.1, 0.15) is 12.3 Å². The van der Waals surface area contributed by atoms with Crippen LogP contribution in [0.15, 0.2) is 54.7 Å². The average molecular weight is 480 g/mol. The van der Waals surface area contributed by atoms with Crippen LogP contribution in [-0.2, 0) is 9.53 Å². The predicted molar refractivity (Wildman–Crippen MR) is 121 cm³/mol. The minimum Gasteiger partial charge on any atom is -0.495 e. The molecule has 0 atom stereocenters. The zero-order valence-corrected chi connectivity index (χ0v) is 18.8. The van der Waals surface area contributed by atoms with Crippen molar-refractivity contribution in [1.82, 2.24) is 4.98 Å². The van der Waals surface area contributed by atoms with E-state index in [1.54, 1.807) is 42.5 Å². The number of pyridine rings is 1. The summed E-state index contributed by atoms with van der Waals surface area (Å²) in [4.78, 5) is 31.0. The molecule has 3 aromatic rings. The van der Waals surface area contributed by atoms with Crippen LogP contribution in [0.25, 0.3) is 11.3 Å². The Labute approximate surface area is 194 Å². The zero-order chi connectivity index (χ0) is 22.5. The third-order valence-corrected chi connectivity index (χ3v) is 5.24. The Morgan fingerprint density at radius 1 is 1.00 bits per heavy atom. The van der Waals surface area contributed by atoms with E-state index >= 15 is 0 Å². The van der Waals surface area contributed by atoms with Crippen molar-refractivity contribution < 1.29 is 19.1 Å². The number of para-hydroxylation sites is 2. The first kappa shape index (κ1) is 22.9. The second kappa shape index (κ2) is 10.0. The fourth-order valence-electron chi connectivity index (χ4n) is 2.92. The Balaban J connectivity index is 2.08. The van der Waals surface area contributed by atoms with E-state index in [-0.39, 0.29) is 17.1 Å². The van der Waals surface area contributed by atoms with Crippen molar-refractivity contribution in [2.75, 3.05) is 25.7 Å². The number of esters is 1. The maximum Gasteiger partial charge on any atom is 0.325 e. The van der Waals surface area contributed by atoms with Gasteiger partial charge in [-0.2, -0.15) is 0 Å². The summed E-state index contributed by atoms with van der Waals surface area (Å²) in [6.07, 6.45) is 1.44. The molecule has 1 aromatic heterocycles. The zero-order valence-electron chi connectivity index (χ0n) is 16.6. The average Bonchev–Trinajstić information content (AvgIpc) is 2.77. The highest BCUT2D eigenvalue weighted by atomic mass is 35.5. The van der Waals surface area contributed by atoms with Gasteiger partial charge >= 0.3 is 5.97 Å². The third kappa shape index (κ3) is 5.10. The number of ether oxygens (including phenoxy) is 2. The lowest BCUT2D eigenvalue weighted by molar-refractivity contribution is -0.138. The number of carbonyl (C=O) groups is 2. The molecule has 31 heavy (non-hydrogen) atoms. The minimum absolute atomic E-state index is 0.266. The smallest absolute Gasteiger partial charge is 0.325 e. The maximum absolute atomic E-state index is 13.4. The molecular weight excluding hydrogens is 463 g/mol. The topological polar surface area (TPSA) is 68.7 Å². The second-order valence-electron chi connectivity index (χ2n) is 6.32. The molecule has 0 unspecified atom stereocenters. The first-order chi connectivity index (χ1) is 14.8. The molecule has 6 nitrogen and oxygen atoms in total.